The average molecular weight is 307 g/mol. The van der Waals surface area contributed by atoms with Gasteiger partial charge in [-0.2, -0.15) is 0 Å². The number of carbonyl (C=O) groups is 1. The molecule has 2 heterocycles. The average Bonchev–Trinajstić information content (AvgIpc) is 3.02. The molecule has 2 rings (SSSR count). The van der Waals surface area contributed by atoms with E-state index in [4.69, 9.17) is 9.15 Å². The van der Waals surface area contributed by atoms with E-state index in [1.54, 1.807) is 13.0 Å². The Balaban J connectivity index is 1.89. The minimum atomic E-state index is -0.357. The summed E-state index contributed by atoms with van der Waals surface area (Å²) in [5, 5.41) is 3.41. The van der Waals surface area contributed by atoms with Gasteiger partial charge in [-0.1, -0.05) is 0 Å². The number of methoxy groups -OCH3 is 1. The number of carbonyl (C=O) groups excluding carboxylic acids is 1. The highest BCUT2D eigenvalue weighted by Crippen LogP contribution is 2.18. The Labute approximate surface area is 129 Å². The number of thiophene rings is 1. The van der Waals surface area contributed by atoms with Crippen molar-refractivity contribution in [2.24, 2.45) is 0 Å². The number of rotatable bonds is 6. The van der Waals surface area contributed by atoms with Crippen molar-refractivity contribution in [3.63, 3.8) is 0 Å². The van der Waals surface area contributed by atoms with Gasteiger partial charge in [-0.15, -0.1) is 11.3 Å². The zero-order valence-corrected chi connectivity index (χ0v) is 13.7. The number of nitrogens with one attached hydrogen (secondary N) is 1. The van der Waals surface area contributed by atoms with Gasteiger partial charge in [0, 0.05) is 15.8 Å². The maximum absolute atomic E-state index is 11.5. The first kappa shape index (κ1) is 15.8. The molecule has 0 aliphatic rings. The molecule has 5 heteroatoms. The molecule has 0 saturated heterocycles. The van der Waals surface area contributed by atoms with E-state index in [1.165, 1.54) is 16.9 Å². The normalized spacial score (nSPS) is 12.4. The number of aryl methyl sites for hydroxylation is 2. The molecular weight excluding hydrogens is 286 g/mol. The van der Waals surface area contributed by atoms with Crippen LogP contribution < -0.4 is 5.32 Å². The van der Waals surface area contributed by atoms with Crippen LogP contribution in [0.15, 0.2) is 22.6 Å². The number of ether oxygens (including phenoxy) is 1. The molecule has 0 radical (unpaired) electrons. The molecule has 0 saturated carbocycles. The summed E-state index contributed by atoms with van der Waals surface area (Å²) in [5.41, 5.74) is 0.496. The fourth-order valence-corrected chi connectivity index (χ4v) is 3.21. The summed E-state index contributed by atoms with van der Waals surface area (Å²) in [6, 6.07) is 6.40. The number of esters is 1. The molecule has 0 fully saturated rings. The van der Waals surface area contributed by atoms with Crippen molar-refractivity contribution < 1.29 is 13.9 Å². The summed E-state index contributed by atoms with van der Waals surface area (Å²) >= 11 is 1.83. The fourth-order valence-electron chi connectivity index (χ4n) is 2.19. The van der Waals surface area contributed by atoms with Crippen LogP contribution in [0, 0.1) is 13.8 Å². The van der Waals surface area contributed by atoms with Crippen LogP contribution in [-0.2, 0) is 17.7 Å². The predicted octanol–water partition coefficient (Wildman–Crippen LogP) is 3.47. The minimum absolute atomic E-state index is 0.343. The second-order valence-corrected chi connectivity index (χ2v) is 6.55. The Morgan fingerprint density at radius 3 is 2.81 bits per heavy atom. The minimum Gasteiger partial charge on any atom is -0.465 e. The Hall–Kier alpha value is -1.59. The first-order chi connectivity index (χ1) is 9.99. The molecular formula is C16H21NO3S. The van der Waals surface area contributed by atoms with Crippen molar-refractivity contribution in [3.05, 3.63) is 45.0 Å². The van der Waals surface area contributed by atoms with E-state index in [2.05, 4.69) is 31.3 Å². The van der Waals surface area contributed by atoms with Gasteiger partial charge in [-0.25, -0.2) is 4.79 Å². The van der Waals surface area contributed by atoms with Crippen molar-refractivity contribution >= 4 is 17.3 Å². The van der Waals surface area contributed by atoms with Crippen LogP contribution in [0.25, 0.3) is 0 Å². The van der Waals surface area contributed by atoms with Crippen molar-refractivity contribution in [2.45, 2.75) is 39.8 Å². The van der Waals surface area contributed by atoms with Gasteiger partial charge in [0.2, 0.25) is 0 Å². The zero-order chi connectivity index (χ0) is 15.4. The van der Waals surface area contributed by atoms with Gasteiger partial charge in [0.25, 0.3) is 0 Å². The summed E-state index contributed by atoms with van der Waals surface area (Å²) in [6.45, 7) is 6.63. The molecule has 0 bridgehead atoms. The Morgan fingerprint density at radius 2 is 2.19 bits per heavy atom. The van der Waals surface area contributed by atoms with Gasteiger partial charge in [0.05, 0.1) is 13.7 Å². The van der Waals surface area contributed by atoms with Gasteiger partial charge >= 0.3 is 5.97 Å². The second-order valence-electron chi connectivity index (χ2n) is 5.17. The lowest BCUT2D eigenvalue weighted by Crippen LogP contribution is -2.27. The summed E-state index contributed by atoms with van der Waals surface area (Å²) in [7, 11) is 1.37. The van der Waals surface area contributed by atoms with E-state index in [1.807, 2.05) is 11.3 Å². The van der Waals surface area contributed by atoms with Crippen molar-refractivity contribution in [2.75, 3.05) is 7.11 Å². The summed E-state index contributed by atoms with van der Waals surface area (Å²) in [5.74, 6) is 0.993. The second kappa shape index (κ2) is 6.91. The molecule has 2 aromatic heterocycles. The molecule has 21 heavy (non-hydrogen) atoms. The maximum Gasteiger partial charge on any atom is 0.341 e. The largest absolute Gasteiger partial charge is 0.465 e. The van der Waals surface area contributed by atoms with Crippen LogP contribution >= 0.6 is 11.3 Å². The van der Waals surface area contributed by atoms with E-state index >= 15 is 0 Å². The van der Waals surface area contributed by atoms with Crippen molar-refractivity contribution in [3.8, 4) is 0 Å². The van der Waals surface area contributed by atoms with Crippen LogP contribution in [-0.4, -0.2) is 19.1 Å². The highest BCUT2D eigenvalue weighted by atomic mass is 32.1. The summed E-state index contributed by atoms with van der Waals surface area (Å²) in [4.78, 5) is 14.2. The van der Waals surface area contributed by atoms with Crippen LogP contribution in [0.2, 0.25) is 0 Å². The van der Waals surface area contributed by atoms with Gasteiger partial charge in [0.15, 0.2) is 0 Å². The highest BCUT2D eigenvalue weighted by molar-refractivity contribution is 7.11. The fraction of sp³-hybridized carbons (Fsp3) is 0.438. The number of hydrogen-bond acceptors (Lipinski definition) is 5. The molecule has 0 amide bonds. The SMILES string of the molecule is COC(=O)c1cc(CNC(C)Cc2ccc(C)s2)oc1C. The molecule has 2 aromatic rings. The molecule has 0 aliphatic carbocycles. The van der Waals surface area contributed by atoms with Crippen LogP contribution in [0.4, 0.5) is 0 Å². The Bertz CT molecular complexity index is 615. The molecule has 4 nitrogen and oxygen atoms in total. The lowest BCUT2D eigenvalue weighted by Gasteiger charge is -2.11. The molecule has 1 N–H and O–H groups in total. The van der Waals surface area contributed by atoms with E-state index in [9.17, 15) is 4.79 Å². The van der Waals surface area contributed by atoms with Crippen molar-refractivity contribution in [1.82, 2.24) is 5.32 Å². The van der Waals surface area contributed by atoms with Gasteiger partial charge < -0.3 is 14.5 Å². The van der Waals surface area contributed by atoms with Gasteiger partial charge in [0.1, 0.15) is 17.1 Å². The Kier molecular flexibility index (Phi) is 5.20. The Morgan fingerprint density at radius 1 is 1.43 bits per heavy atom. The third-order valence-corrected chi connectivity index (χ3v) is 4.33. The molecule has 1 unspecified atom stereocenters. The molecule has 114 valence electrons. The van der Waals surface area contributed by atoms with Gasteiger partial charge in [-0.3, -0.25) is 0 Å². The standard InChI is InChI=1S/C16H21NO3S/c1-10(7-14-6-5-11(2)21-14)17-9-13-8-15(12(3)20-13)16(18)19-4/h5-6,8,10,17H,7,9H2,1-4H3. The van der Waals surface area contributed by atoms with E-state index in [-0.39, 0.29) is 5.97 Å². The zero-order valence-electron chi connectivity index (χ0n) is 12.9. The maximum atomic E-state index is 11.5. The molecule has 1 atom stereocenters. The van der Waals surface area contributed by atoms with Crippen LogP contribution in [0.5, 0.6) is 0 Å². The first-order valence-corrected chi connectivity index (χ1v) is 7.77. The highest BCUT2D eigenvalue weighted by Gasteiger charge is 2.15. The molecule has 0 aromatic carbocycles. The lowest BCUT2D eigenvalue weighted by atomic mass is 10.2. The van der Waals surface area contributed by atoms with E-state index in [0.717, 1.165) is 12.2 Å². The first-order valence-electron chi connectivity index (χ1n) is 6.96. The monoisotopic (exact) mass is 307 g/mol. The molecule has 0 spiro atoms. The smallest absolute Gasteiger partial charge is 0.341 e. The van der Waals surface area contributed by atoms with E-state index < -0.39 is 0 Å². The van der Waals surface area contributed by atoms with Crippen LogP contribution in [0.1, 0.15) is 38.6 Å². The van der Waals surface area contributed by atoms with Crippen molar-refractivity contribution in [1.29, 1.82) is 0 Å². The van der Waals surface area contributed by atoms with Crippen LogP contribution in [0.3, 0.4) is 0 Å². The molecule has 0 aliphatic heterocycles. The summed E-state index contributed by atoms with van der Waals surface area (Å²) in [6.07, 6.45) is 0.988. The predicted molar refractivity (Wildman–Crippen MR) is 83.8 cm³/mol. The third-order valence-electron chi connectivity index (χ3n) is 3.30. The number of hydrogen-bond donors (Lipinski definition) is 1. The van der Waals surface area contributed by atoms with Gasteiger partial charge in [-0.05, 0) is 45.4 Å². The quantitative estimate of drug-likeness (QED) is 0.830. The van der Waals surface area contributed by atoms with E-state index in [0.29, 0.717) is 23.9 Å². The third kappa shape index (κ3) is 4.19. The summed E-state index contributed by atoms with van der Waals surface area (Å²) < 4.78 is 10.3. The topological polar surface area (TPSA) is 51.5 Å². The number of furan rings is 1. The lowest BCUT2D eigenvalue weighted by molar-refractivity contribution is 0.0599.